The fourth-order valence-electron chi connectivity index (χ4n) is 3.25. The first-order valence-electron chi connectivity index (χ1n) is 8.60. The summed E-state index contributed by atoms with van der Waals surface area (Å²) in [6.07, 6.45) is 3.85. The lowest BCUT2D eigenvalue weighted by atomic mass is 10.0. The summed E-state index contributed by atoms with van der Waals surface area (Å²) in [7, 11) is 0. The topological polar surface area (TPSA) is 65.9 Å². The van der Waals surface area contributed by atoms with Gasteiger partial charge in [0.1, 0.15) is 10.7 Å². The van der Waals surface area contributed by atoms with Gasteiger partial charge in [-0.05, 0) is 40.0 Å². The van der Waals surface area contributed by atoms with Gasteiger partial charge in [0.15, 0.2) is 0 Å². The molecule has 0 bridgehead atoms. The minimum Gasteiger partial charge on any atom is -0.328 e. The number of rotatable bonds is 3. The van der Waals surface area contributed by atoms with Crippen molar-refractivity contribution in [2.45, 2.75) is 65.0 Å². The monoisotopic (exact) mass is 348 g/mol. The van der Waals surface area contributed by atoms with E-state index in [2.05, 4.69) is 10.1 Å². The van der Waals surface area contributed by atoms with Gasteiger partial charge in [-0.3, -0.25) is 9.59 Å². The number of aromatic nitrogens is 1. The molecule has 0 N–H and O–H groups in total. The molecule has 0 radical (unpaired) electrons. The minimum atomic E-state index is -0.0364. The highest BCUT2D eigenvalue weighted by atomic mass is 32.1. The number of carbonyl (C=O) groups is 2. The molecule has 130 valence electrons. The van der Waals surface area contributed by atoms with Crippen LogP contribution < -0.4 is 0 Å². The number of likely N-dealkylation sites (tertiary alicyclic amines) is 1. The number of hydrazone groups is 1. The van der Waals surface area contributed by atoms with Gasteiger partial charge in [-0.2, -0.15) is 5.10 Å². The van der Waals surface area contributed by atoms with Crippen LogP contribution in [-0.4, -0.2) is 45.0 Å². The molecule has 1 aromatic rings. The lowest BCUT2D eigenvalue weighted by Crippen LogP contribution is -2.46. The van der Waals surface area contributed by atoms with Gasteiger partial charge >= 0.3 is 0 Å². The zero-order valence-corrected chi connectivity index (χ0v) is 15.3. The second-order valence-corrected chi connectivity index (χ2v) is 7.61. The quantitative estimate of drug-likeness (QED) is 0.843. The molecule has 0 spiro atoms. The van der Waals surface area contributed by atoms with Crippen LogP contribution in [0.3, 0.4) is 0 Å². The first-order valence-corrected chi connectivity index (χ1v) is 9.48. The summed E-state index contributed by atoms with van der Waals surface area (Å²) in [5.41, 5.74) is 1.50. The summed E-state index contributed by atoms with van der Waals surface area (Å²) >= 11 is 1.62. The molecule has 0 aliphatic carbocycles. The Labute approximate surface area is 146 Å². The maximum atomic E-state index is 13.1. The van der Waals surface area contributed by atoms with Crippen molar-refractivity contribution in [1.82, 2.24) is 14.9 Å². The average Bonchev–Trinajstić information content (AvgIpc) is 3.01. The fraction of sp³-hybridized carbons (Fsp3) is 0.647. The van der Waals surface area contributed by atoms with E-state index in [9.17, 15) is 9.59 Å². The fourth-order valence-corrected chi connectivity index (χ4v) is 4.19. The van der Waals surface area contributed by atoms with E-state index in [0.717, 1.165) is 36.5 Å². The van der Waals surface area contributed by atoms with E-state index in [1.807, 2.05) is 31.1 Å². The summed E-state index contributed by atoms with van der Waals surface area (Å²) in [6.45, 7) is 6.54. The number of hydrogen-bond donors (Lipinski definition) is 0. The number of thiazole rings is 1. The third kappa shape index (κ3) is 3.36. The molecule has 7 heteroatoms. The van der Waals surface area contributed by atoms with Crippen LogP contribution in [0.15, 0.2) is 10.5 Å². The van der Waals surface area contributed by atoms with Crippen molar-refractivity contribution in [3.8, 4) is 0 Å². The van der Waals surface area contributed by atoms with E-state index < -0.39 is 0 Å². The lowest BCUT2D eigenvalue weighted by molar-refractivity contribution is -0.134. The van der Waals surface area contributed by atoms with Crippen LogP contribution in [0.5, 0.6) is 0 Å². The number of nitrogens with zero attached hydrogens (tertiary/aromatic N) is 4. The molecule has 2 amide bonds. The Hall–Kier alpha value is -1.76. The van der Waals surface area contributed by atoms with Gasteiger partial charge < -0.3 is 4.90 Å². The first kappa shape index (κ1) is 17.1. The van der Waals surface area contributed by atoms with Gasteiger partial charge in [-0.1, -0.05) is 0 Å². The van der Waals surface area contributed by atoms with Crippen molar-refractivity contribution >= 4 is 28.9 Å². The molecular weight excluding hydrogens is 324 g/mol. The van der Waals surface area contributed by atoms with Crippen molar-refractivity contribution in [2.24, 2.45) is 5.10 Å². The van der Waals surface area contributed by atoms with Crippen LogP contribution in [-0.2, 0) is 9.59 Å². The highest BCUT2D eigenvalue weighted by Crippen LogP contribution is 2.33. The second-order valence-electron chi connectivity index (χ2n) is 6.72. The van der Waals surface area contributed by atoms with Crippen molar-refractivity contribution in [1.29, 1.82) is 0 Å². The van der Waals surface area contributed by atoms with Crippen LogP contribution in [0, 0.1) is 6.92 Å². The third-order valence-corrected chi connectivity index (χ3v) is 5.54. The molecule has 24 heavy (non-hydrogen) atoms. The molecule has 0 aromatic carbocycles. The van der Waals surface area contributed by atoms with Gasteiger partial charge in [-0.15, -0.1) is 11.3 Å². The normalized spacial score (nSPS) is 22.1. The number of amides is 2. The predicted octanol–water partition coefficient (Wildman–Crippen LogP) is 2.89. The Morgan fingerprint density at radius 3 is 2.79 bits per heavy atom. The highest BCUT2D eigenvalue weighted by Gasteiger charge is 2.34. The Kier molecular flexibility index (Phi) is 4.99. The number of carbonyl (C=O) groups excluding carboxylic acids is 2. The first-order chi connectivity index (χ1) is 11.5. The highest BCUT2D eigenvalue weighted by molar-refractivity contribution is 7.09. The van der Waals surface area contributed by atoms with E-state index in [4.69, 9.17) is 0 Å². The van der Waals surface area contributed by atoms with Crippen LogP contribution in [0.4, 0.5) is 0 Å². The molecule has 2 aliphatic rings. The van der Waals surface area contributed by atoms with Gasteiger partial charge in [0.2, 0.25) is 5.91 Å². The summed E-state index contributed by atoms with van der Waals surface area (Å²) in [5, 5.41) is 8.85. The van der Waals surface area contributed by atoms with E-state index in [-0.39, 0.29) is 23.9 Å². The van der Waals surface area contributed by atoms with Crippen LogP contribution >= 0.6 is 11.3 Å². The van der Waals surface area contributed by atoms with Crippen molar-refractivity contribution in [3.63, 3.8) is 0 Å². The smallest absolute Gasteiger partial charge is 0.270 e. The van der Waals surface area contributed by atoms with Crippen molar-refractivity contribution in [3.05, 3.63) is 16.1 Å². The molecule has 1 atom stereocenters. The molecular formula is C17H24N4O2S. The molecule has 1 fully saturated rings. The molecule has 3 rings (SSSR count). The minimum absolute atomic E-state index is 0.00714. The van der Waals surface area contributed by atoms with Gasteiger partial charge in [0.25, 0.3) is 5.91 Å². The summed E-state index contributed by atoms with van der Waals surface area (Å²) in [6, 6.07) is 0.0112. The van der Waals surface area contributed by atoms with Gasteiger partial charge in [0.05, 0.1) is 6.04 Å². The van der Waals surface area contributed by atoms with Crippen LogP contribution in [0.1, 0.15) is 62.7 Å². The Bertz CT molecular complexity index is 667. The lowest BCUT2D eigenvalue weighted by Gasteiger charge is -2.36. The SMILES string of the molecule is Cc1csc([C@H]2CCCCN2C(=O)C2=NN(C(C)C)C(=O)CC2)n1. The maximum absolute atomic E-state index is 13.1. The van der Waals surface area contributed by atoms with Crippen molar-refractivity contribution in [2.75, 3.05) is 6.54 Å². The molecule has 0 saturated carbocycles. The third-order valence-electron chi connectivity index (χ3n) is 4.48. The van der Waals surface area contributed by atoms with E-state index in [1.54, 1.807) is 11.3 Å². The summed E-state index contributed by atoms with van der Waals surface area (Å²) in [4.78, 5) is 31.5. The summed E-state index contributed by atoms with van der Waals surface area (Å²) in [5.74, 6) is -0.0435. The van der Waals surface area contributed by atoms with Gasteiger partial charge in [-0.25, -0.2) is 9.99 Å². The van der Waals surface area contributed by atoms with Crippen LogP contribution in [0.2, 0.25) is 0 Å². The Morgan fingerprint density at radius 2 is 2.12 bits per heavy atom. The Balaban J connectivity index is 1.84. The van der Waals surface area contributed by atoms with Crippen molar-refractivity contribution < 1.29 is 9.59 Å². The Morgan fingerprint density at radius 1 is 1.33 bits per heavy atom. The largest absolute Gasteiger partial charge is 0.328 e. The molecule has 0 unspecified atom stereocenters. The zero-order valence-electron chi connectivity index (χ0n) is 14.5. The zero-order chi connectivity index (χ0) is 17.3. The number of hydrogen-bond acceptors (Lipinski definition) is 5. The van der Waals surface area contributed by atoms with E-state index in [0.29, 0.717) is 18.6 Å². The molecule has 2 aliphatic heterocycles. The van der Waals surface area contributed by atoms with Gasteiger partial charge in [0, 0.05) is 36.5 Å². The number of aryl methyl sites for hydroxylation is 1. The van der Waals surface area contributed by atoms with E-state index in [1.165, 1.54) is 5.01 Å². The molecule has 1 aromatic heterocycles. The molecule has 1 saturated heterocycles. The standard InChI is InChI=1S/C17H24N4O2S/c1-11(2)21-15(22)8-7-13(19-21)17(23)20-9-5-4-6-14(20)16-18-12(3)10-24-16/h10-11,14H,4-9H2,1-3H3/t14-/m1/s1. The molecule has 6 nitrogen and oxygen atoms in total. The molecule has 3 heterocycles. The number of piperidine rings is 1. The van der Waals surface area contributed by atoms with E-state index >= 15 is 0 Å². The second kappa shape index (κ2) is 7.01. The summed E-state index contributed by atoms with van der Waals surface area (Å²) < 4.78 is 0. The maximum Gasteiger partial charge on any atom is 0.270 e. The van der Waals surface area contributed by atoms with Crippen LogP contribution in [0.25, 0.3) is 0 Å². The predicted molar refractivity (Wildman–Crippen MR) is 93.8 cm³/mol. The average molecular weight is 348 g/mol.